The van der Waals surface area contributed by atoms with E-state index in [0.29, 0.717) is 24.3 Å². The fraction of sp³-hybridized carbons (Fsp3) is 0.286. The quantitative estimate of drug-likeness (QED) is 0.602. The van der Waals surface area contributed by atoms with Crippen molar-refractivity contribution in [3.63, 3.8) is 0 Å². The summed E-state index contributed by atoms with van der Waals surface area (Å²) in [5.74, 6) is -1.22. The Morgan fingerprint density at radius 2 is 2.11 bits per heavy atom. The van der Waals surface area contributed by atoms with Gasteiger partial charge in [0.15, 0.2) is 0 Å². The third-order valence-electron chi connectivity index (χ3n) is 2.37. The molecule has 0 heterocycles. The molecular weight excluding hydrogens is 246 g/mol. The number of amides is 1. The standard InChI is InChI=1S/C14H17NO4/c1-10-7-11(3-4-13(16)17)9-12(8-10)14(18)15-5-6-19-2/h3-4,7-9H,5-6H2,1-2H3,(H,15,18)(H,16,17)/b4-3+. The van der Waals surface area contributed by atoms with E-state index in [1.807, 2.05) is 13.0 Å². The molecule has 0 aliphatic carbocycles. The predicted molar refractivity (Wildman–Crippen MR) is 72.1 cm³/mol. The van der Waals surface area contributed by atoms with Gasteiger partial charge in [0.25, 0.3) is 5.91 Å². The molecule has 1 aromatic carbocycles. The summed E-state index contributed by atoms with van der Waals surface area (Å²) in [6, 6.07) is 5.21. The van der Waals surface area contributed by atoms with Crippen molar-refractivity contribution in [2.24, 2.45) is 0 Å². The molecular formula is C14H17NO4. The largest absolute Gasteiger partial charge is 0.478 e. The lowest BCUT2D eigenvalue weighted by atomic mass is 10.1. The van der Waals surface area contributed by atoms with Crippen LogP contribution in [0.5, 0.6) is 0 Å². The van der Waals surface area contributed by atoms with Crippen LogP contribution < -0.4 is 5.32 Å². The van der Waals surface area contributed by atoms with E-state index in [0.717, 1.165) is 11.6 Å². The van der Waals surface area contributed by atoms with Gasteiger partial charge in [0.2, 0.25) is 0 Å². The van der Waals surface area contributed by atoms with E-state index in [1.165, 1.54) is 6.08 Å². The van der Waals surface area contributed by atoms with Crippen LogP contribution in [-0.2, 0) is 9.53 Å². The van der Waals surface area contributed by atoms with Crippen molar-refractivity contribution in [2.75, 3.05) is 20.3 Å². The number of carbonyl (C=O) groups is 2. The van der Waals surface area contributed by atoms with Gasteiger partial charge >= 0.3 is 5.97 Å². The number of methoxy groups -OCH3 is 1. The van der Waals surface area contributed by atoms with Gasteiger partial charge in [-0.05, 0) is 36.3 Å². The molecule has 0 saturated heterocycles. The average Bonchev–Trinajstić information content (AvgIpc) is 2.36. The highest BCUT2D eigenvalue weighted by Crippen LogP contribution is 2.11. The smallest absolute Gasteiger partial charge is 0.328 e. The number of hydrogen-bond donors (Lipinski definition) is 2. The number of aryl methyl sites for hydroxylation is 1. The molecule has 0 aliphatic rings. The third kappa shape index (κ3) is 5.35. The second-order valence-electron chi connectivity index (χ2n) is 4.05. The van der Waals surface area contributed by atoms with E-state index < -0.39 is 5.97 Å². The lowest BCUT2D eigenvalue weighted by Crippen LogP contribution is -2.27. The first kappa shape index (κ1) is 14.9. The fourth-order valence-corrected chi connectivity index (χ4v) is 1.58. The van der Waals surface area contributed by atoms with Crippen molar-refractivity contribution >= 4 is 18.0 Å². The molecule has 102 valence electrons. The van der Waals surface area contributed by atoms with E-state index in [1.54, 1.807) is 19.2 Å². The number of rotatable bonds is 6. The Bertz CT molecular complexity index is 494. The Hall–Kier alpha value is -2.14. The van der Waals surface area contributed by atoms with Crippen molar-refractivity contribution in [1.29, 1.82) is 0 Å². The summed E-state index contributed by atoms with van der Waals surface area (Å²) in [6.07, 6.45) is 2.50. The number of aliphatic carboxylic acids is 1. The van der Waals surface area contributed by atoms with Gasteiger partial charge in [0.05, 0.1) is 6.61 Å². The maximum absolute atomic E-state index is 11.9. The number of ether oxygens (including phenoxy) is 1. The normalized spacial score (nSPS) is 10.6. The SMILES string of the molecule is COCCNC(=O)c1cc(C)cc(/C=C/C(=O)O)c1. The first-order valence-electron chi connectivity index (χ1n) is 5.83. The van der Waals surface area contributed by atoms with Crippen LogP contribution in [0.2, 0.25) is 0 Å². The van der Waals surface area contributed by atoms with Crippen LogP contribution in [0.1, 0.15) is 21.5 Å². The highest BCUT2D eigenvalue weighted by Gasteiger charge is 2.06. The number of carboxylic acids is 1. The molecule has 0 aromatic heterocycles. The summed E-state index contributed by atoms with van der Waals surface area (Å²) in [5.41, 5.74) is 2.07. The van der Waals surface area contributed by atoms with Gasteiger partial charge in [-0.2, -0.15) is 0 Å². The second kappa shape index (κ2) is 7.33. The number of hydrogen-bond acceptors (Lipinski definition) is 3. The summed E-state index contributed by atoms with van der Waals surface area (Å²) in [7, 11) is 1.56. The molecule has 1 amide bonds. The Kier molecular flexibility index (Phi) is 5.75. The van der Waals surface area contributed by atoms with E-state index >= 15 is 0 Å². The first-order valence-corrected chi connectivity index (χ1v) is 5.83. The van der Waals surface area contributed by atoms with Crippen LogP contribution >= 0.6 is 0 Å². The zero-order valence-electron chi connectivity index (χ0n) is 11.0. The van der Waals surface area contributed by atoms with Gasteiger partial charge in [0.1, 0.15) is 0 Å². The molecule has 5 nitrogen and oxygen atoms in total. The molecule has 2 N–H and O–H groups in total. The van der Waals surface area contributed by atoms with Gasteiger partial charge < -0.3 is 15.2 Å². The van der Waals surface area contributed by atoms with E-state index in [2.05, 4.69) is 5.32 Å². The molecule has 5 heteroatoms. The van der Waals surface area contributed by atoms with Crippen molar-refractivity contribution in [2.45, 2.75) is 6.92 Å². The van der Waals surface area contributed by atoms with Crippen LogP contribution in [-0.4, -0.2) is 37.2 Å². The van der Waals surface area contributed by atoms with Crippen LogP contribution in [0.3, 0.4) is 0 Å². The van der Waals surface area contributed by atoms with Crippen molar-refractivity contribution in [3.8, 4) is 0 Å². The average molecular weight is 263 g/mol. The highest BCUT2D eigenvalue weighted by atomic mass is 16.5. The number of nitrogens with one attached hydrogen (secondary N) is 1. The minimum Gasteiger partial charge on any atom is -0.478 e. The zero-order chi connectivity index (χ0) is 14.3. The molecule has 0 radical (unpaired) electrons. The third-order valence-corrected chi connectivity index (χ3v) is 2.37. The van der Waals surface area contributed by atoms with Gasteiger partial charge in [-0.3, -0.25) is 4.79 Å². The summed E-state index contributed by atoms with van der Waals surface area (Å²) in [5, 5.41) is 11.3. The summed E-state index contributed by atoms with van der Waals surface area (Å²) < 4.78 is 4.85. The molecule has 0 saturated carbocycles. The van der Waals surface area contributed by atoms with Crippen molar-refractivity contribution in [3.05, 3.63) is 41.0 Å². The maximum Gasteiger partial charge on any atom is 0.328 e. The van der Waals surface area contributed by atoms with Gasteiger partial charge in [-0.25, -0.2) is 4.79 Å². The molecule has 0 fully saturated rings. The minimum absolute atomic E-state index is 0.203. The molecule has 1 aromatic rings. The Balaban J connectivity index is 2.84. The van der Waals surface area contributed by atoms with Crippen LogP contribution in [0.25, 0.3) is 6.08 Å². The lowest BCUT2D eigenvalue weighted by molar-refractivity contribution is -0.131. The highest BCUT2D eigenvalue weighted by molar-refractivity contribution is 5.95. The lowest BCUT2D eigenvalue weighted by Gasteiger charge is -2.06. The van der Waals surface area contributed by atoms with Crippen LogP contribution in [0, 0.1) is 6.92 Å². The topological polar surface area (TPSA) is 75.6 Å². The van der Waals surface area contributed by atoms with E-state index in [4.69, 9.17) is 9.84 Å². The van der Waals surface area contributed by atoms with Crippen LogP contribution in [0.4, 0.5) is 0 Å². The van der Waals surface area contributed by atoms with Gasteiger partial charge in [-0.15, -0.1) is 0 Å². The first-order chi connectivity index (χ1) is 9.02. The molecule has 0 spiro atoms. The second-order valence-corrected chi connectivity index (χ2v) is 4.05. The van der Waals surface area contributed by atoms with Crippen molar-refractivity contribution in [1.82, 2.24) is 5.32 Å². The molecule has 0 atom stereocenters. The number of carboxylic acid groups (broad SMARTS) is 1. The summed E-state index contributed by atoms with van der Waals surface area (Å²) in [4.78, 5) is 22.3. The molecule has 19 heavy (non-hydrogen) atoms. The summed E-state index contributed by atoms with van der Waals surface area (Å²) >= 11 is 0. The number of benzene rings is 1. The Morgan fingerprint density at radius 1 is 1.37 bits per heavy atom. The minimum atomic E-state index is -1.02. The fourth-order valence-electron chi connectivity index (χ4n) is 1.58. The Morgan fingerprint density at radius 3 is 2.74 bits per heavy atom. The van der Waals surface area contributed by atoms with Crippen LogP contribution in [0.15, 0.2) is 24.3 Å². The van der Waals surface area contributed by atoms with Gasteiger partial charge in [0, 0.05) is 25.3 Å². The van der Waals surface area contributed by atoms with E-state index in [9.17, 15) is 9.59 Å². The molecule has 0 unspecified atom stereocenters. The Labute approximate surface area is 111 Å². The molecule has 0 aliphatic heterocycles. The maximum atomic E-state index is 11.9. The predicted octanol–water partition coefficient (Wildman–Crippen LogP) is 1.47. The number of carbonyl (C=O) groups excluding carboxylic acids is 1. The van der Waals surface area contributed by atoms with E-state index in [-0.39, 0.29) is 5.91 Å². The van der Waals surface area contributed by atoms with Gasteiger partial charge in [-0.1, -0.05) is 6.07 Å². The monoisotopic (exact) mass is 263 g/mol. The zero-order valence-corrected chi connectivity index (χ0v) is 11.0. The molecule has 1 rings (SSSR count). The van der Waals surface area contributed by atoms with Crippen molar-refractivity contribution < 1.29 is 19.4 Å². The summed E-state index contributed by atoms with van der Waals surface area (Å²) in [6.45, 7) is 2.73. The molecule has 0 bridgehead atoms.